The molecule has 1 N–H and O–H groups in total. The first-order chi connectivity index (χ1) is 3.06. The van der Waals surface area contributed by atoms with E-state index in [0.717, 1.165) is 11.0 Å². The van der Waals surface area contributed by atoms with E-state index < -0.39 is 0 Å². The second-order valence-corrected chi connectivity index (χ2v) is 2.74. The van der Waals surface area contributed by atoms with E-state index in [1.165, 1.54) is 0 Å². The van der Waals surface area contributed by atoms with Crippen molar-refractivity contribution in [1.82, 2.24) is 0 Å². The van der Waals surface area contributed by atoms with E-state index in [2.05, 4.69) is 21.1 Å². The van der Waals surface area contributed by atoms with Gasteiger partial charge in [0.15, 0.2) is 0 Å². The van der Waals surface area contributed by atoms with Crippen molar-refractivity contribution in [1.29, 1.82) is 0 Å². The van der Waals surface area contributed by atoms with Crippen LogP contribution < -0.4 is 24.0 Å². The van der Waals surface area contributed by atoms with Crippen molar-refractivity contribution in [3.05, 3.63) is 0 Å². The van der Waals surface area contributed by atoms with E-state index in [1.807, 2.05) is 0 Å². The second kappa shape index (κ2) is 4.52. The maximum absolute atomic E-state index is 8.39. The molecule has 0 fully saturated rings. The molecule has 0 aromatic rings. The second-order valence-electron chi connectivity index (χ2n) is 2.74. The van der Waals surface area contributed by atoms with E-state index in [0.29, 0.717) is 0 Å². The predicted molar refractivity (Wildman–Crippen MR) is 30.0 cm³/mol. The van der Waals surface area contributed by atoms with E-state index in [9.17, 15) is 0 Å². The molecule has 0 unspecified atom stereocenters. The van der Waals surface area contributed by atoms with Crippen molar-refractivity contribution >= 4 is 0 Å². The maximum Gasteiger partial charge on any atom is 0.101 e. The molecule has 0 aromatic heterocycles. The molecule has 0 heterocycles. The average molecular weight is 230 g/mol. The number of likely N-dealkylation sites (N-methyl/N-ethyl adjacent to an activating group) is 1. The third-order valence-corrected chi connectivity index (χ3v) is 0.771. The molecule has 3 heteroatoms. The fourth-order valence-electron chi connectivity index (χ4n) is 0.300. The van der Waals surface area contributed by atoms with Crippen LogP contribution in [-0.2, 0) is 0 Å². The van der Waals surface area contributed by atoms with Gasteiger partial charge in [-0.05, 0) is 0 Å². The summed E-state index contributed by atoms with van der Waals surface area (Å²) in [5, 5.41) is 8.39. The summed E-state index contributed by atoms with van der Waals surface area (Å²) in [5.74, 6) is 0. The molecular formula is C5H14INO. The lowest BCUT2D eigenvalue weighted by molar-refractivity contribution is -0.870. The normalized spacial score (nSPS) is 10.5. The van der Waals surface area contributed by atoms with Gasteiger partial charge in [-0.25, -0.2) is 0 Å². The Morgan fingerprint density at radius 1 is 1.25 bits per heavy atom. The quantitative estimate of drug-likeness (QED) is 0.389. The smallest absolute Gasteiger partial charge is 0.101 e. The molecule has 0 radical (unpaired) electrons. The standard InChI is InChI=1S/C5H14NO.HI/c1-6(2,3)4-5-7;/h7H,4-5H2,1-3H3;1H/q+1;/p-1/i1-1;. The van der Waals surface area contributed by atoms with Crippen molar-refractivity contribution in [2.75, 3.05) is 34.3 Å². The van der Waals surface area contributed by atoms with Crippen LogP contribution >= 0.6 is 0 Å². The molecule has 0 saturated heterocycles. The van der Waals surface area contributed by atoms with Crippen molar-refractivity contribution < 1.29 is 33.6 Å². The lowest BCUT2D eigenvalue weighted by Crippen LogP contribution is -3.00. The van der Waals surface area contributed by atoms with Gasteiger partial charge in [0.1, 0.15) is 6.54 Å². The number of nitrogens with zero attached hydrogens (tertiary/aromatic N) is 1. The Hall–Kier alpha value is 0.650. The Bertz CT molecular complexity index is 50.9. The van der Waals surface area contributed by atoms with Gasteiger partial charge in [-0.3, -0.25) is 0 Å². The fourth-order valence-corrected chi connectivity index (χ4v) is 0.300. The molecule has 0 atom stereocenters. The lowest BCUT2D eigenvalue weighted by atomic mass is 10.3. The summed E-state index contributed by atoms with van der Waals surface area (Å²) in [6, 6.07) is 0. The Balaban J connectivity index is 0. The zero-order valence-corrected chi connectivity index (χ0v) is 7.84. The molecule has 52 valence electrons. The molecule has 0 aliphatic carbocycles. The van der Waals surface area contributed by atoms with Gasteiger partial charge < -0.3 is 33.6 Å². The summed E-state index contributed by atoms with van der Waals surface area (Å²) < 4.78 is 0.844. The van der Waals surface area contributed by atoms with Crippen LogP contribution in [0.5, 0.6) is 0 Å². The van der Waals surface area contributed by atoms with E-state index in [1.54, 1.807) is 0 Å². The first kappa shape index (κ1) is 11.4. The number of halogens is 1. The minimum absolute atomic E-state index is 0. The Morgan fingerprint density at radius 3 is 1.62 bits per heavy atom. The highest BCUT2D eigenvalue weighted by molar-refractivity contribution is 4.19. The van der Waals surface area contributed by atoms with E-state index in [-0.39, 0.29) is 30.6 Å². The van der Waals surface area contributed by atoms with Crippen molar-refractivity contribution in [2.45, 2.75) is 0 Å². The monoisotopic (exact) mass is 230 g/mol. The van der Waals surface area contributed by atoms with Crippen LogP contribution in [0, 0.1) is 0 Å². The summed E-state index contributed by atoms with van der Waals surface area (Å²) in [7, 11) is 6.16. The van der Waals surface area contributed by atoms with Crippen LogP contribution in [0.3, 0.4) is 0 Å². The van der Waals surface area contributed by atoms with Crippen LogP contribution in [0.2, 0.25) is 0 Å². The minimum atomic E-state index is 0. The molecule has 2 nitrogen and oxygen atoms in total. The number of hydrogen-bond donors (Lipinski definition) is 1. The molecule has 0 aliphatic rings. The molecule has 0 spiro atoms. The van der Waals surface area contributed by atoms with Gasteiger partial charge in [0, 0.05) is 0 Å². The van der Waals surface area contributed by atoms with Gasteiger partial charge in [0.25, 0.3) is 0 Å². The number of aliphatic hydroxyl groups excluding tert-OH is 1. The number of quaternary nitrogens is 1. The summed E-state index contributed by atoms with van der Waals surface area (Å²) >= 11 is 0. The van der Waals surface area contributed by atoms with Crippen molar-refractivity contribution in [3.63, 3.8) is 0 Å². The Labute approximate surface area is 68.1 Å². The fraction of sp³-hybridized carbons (Fsp3) is 1.00. The highest BCUT2D eigenvalue weighted by Gasteiger charge is 2.02. The molecule has 0 bridgehead atoms. The van der Waals surface area contributed by atoms with Gasteiger partial charge >= 0.3 is 0 Å². The van der Waals surface area contributed by atoms with Gasteiger partial charge in [0.2, 0.25) is 0 Å². The average Bonchev–Trinajstić information content (AvgIpc) is 1.30. The molecule has 0 aliphatic heterocycles. The van der Waals surface area contributed by atoms with Gasteiger partial charge in [0.05, 0.1) is 27.7 Å². The first-order valence-corrected chi connectivity index (χ1v) is 2.47. The third kappa shape index (κ3) is 9.82. The Kier molecular flexibility index (Phi) is 6.47. The summed E-state index contributed by atoms with van der Waals surface area (Å²) in [5.41, 5.74) is 0. The van der Waals surface area contributed by atoms with Crippen LogP contribution in [0.15, 0.2) is 0 Å². The van der Waals surface area contributed by atoms with E-state index in [4.69, 9.17) is 5.11 Å². The molecule has 0 aromatic carbocycles. The molecular weight excluding hydrogens is 216 g/mol. The number of aliphatic hydroxyl groups is 1. The zero-order valence-electron chi connectivity index (χ0n) is 5.69. The van der Waals surface area contributed by atoms with Gasteiger partial charge in [-0.2, -0.15) is 0 Å². The lowest BCUT2D eigenvalue weighted by Gasteiger charge is -2.21. The maximum atomic E-state index is 8.39. The topological polar surface area (TPSA) is 20.2 Å². The van der Waals surface area contributed by atoms with Crippen LogP contribution in [0.1, 0.15) is 0 Å². The van der Waals surface area contributed by atoms with Crippen LogP contribution in [-0.4, -0.2) is 43.9 Å². The highest BCUT2D eigenvalue weighted by Crippen LogP contribution is 1.84. The highest BCUT2D eigenvalue weighted by atomic mass is 127. The molecule has 8 heavy (non-hydrogen) atoms. The van der Waals surface area contributed by atoms with Crippen LogP contribution in [0.25, 0.3) is 0 Å². The zero-order chi connectivity index (χ0) is 5.91. The summed E-state index contributed by atoms with van der Waals surface area (Å²) in [4.78, 5) is 0. The van der Waals surface area contributed by atoms with Crippen LogP contribution in [0.4, 0.5) is 0 Å². The summed E-state index contributed by atoms with van der Waals surface area (Å²) in [6.07, 6.45) is 0. The summed E-state index contributed by atoms with van der Waals surface area (Å²) in [6.45, 7) is 1.11. The molecule has 0 saturated carbocycles. The molecule has 0 amide bonds. The molecule has 0 rings (SSSR count). The van der Waals surface area contributed by atoms with E-state index >= 15 is 0 Å². The van der Waals surface area contributed by atoms with Gasteiger partial charge in [-0.15, -0.1) is 0 Å². The minimum Gasteiger partial charge on any atom is -1.00 e. The number of hydrogen-bond acceptors (Lipinski definition) is 1. The third-order valence-electron chi connectivity index (χ3n) is 0.771. The Morgan fingerprint density at radius 2 is 1.62 bits per heavy atom. The largest absolute Gasteiger partial charge is 1.00 e. The van der Waals surface area contributed by atoms with Crippen molar-refractivity contribution in [2.24, 2.45) is 0 Å². The SMILES string of the molecule is C[N+](C)([11CH3])CCO.[I-]. The number of rotatable bonds is 2. The van der Waals surface area contributed by atoms with Crippen molar-refractivity contribution in [3.8, 4) is 0 Å². The predicted octanol–water partition coefficient (Wildman–Crippen LogP) is -3.31. The van der Waals surface area contributed by atoms with Gasteiger partial charge in [-0.1, -0.05) is 0 Å². The first-order valence-electron chi connectivity index (χ1n) is 2.47.